The summed E-state index contributed by atoms with van der Waals surface area (Å²) < 4.78 is 0. The smallest absolute Gasteiger partial charge is 0.319 e. The van der Waals surface area contributed by atoms with E-state index in [0.29, 0.717) is 17.3 Å². The van der Waals surface area contributed by atoms with Crippen molar-refractivity contribution < 1.29 is 4.79 Å². The minimum atomic E-state index is -0.225. The standard InChI is InChI=1S/C16H18ClN3OS2/c17-14-10-12(3-4-15(14)20-5-8-22-9-6-20)19-16(21)18-11-13-2-1-7-23-13/h1-4,7,10H,5-6,8-9,11H2,(H2,18,19,21). The first kappa shape index (κ1) is 16.5. The topological polar surface area (TPSA) is 44.4 Å². The molecule has 2 aromatic rings. The maximum Gasteiger partial charge on any atom is 0.319 e. The number of benzene rings is 1. The summed E-state index contributed by atoms with van der Waals surface area (Å²) in [5.41, 5.74) is 1.74. The monoisotopic (exact) mass is 367 g/mol. The lowest BCUT2D eigenvalue weighted by molar-refractivity contribution is 0.252. The molecular formula is C16H18ClN3OS2. The number of amides is 2. The predicted octanol–water partition coefficient (Wildman–Crippen LogP) is 4.28. The van der Waals surface area contributed by atoms with Crippen LogP contribution in [0.3, 0.4) is 0 Å². The summed E-state index contributed by atoms with van der Waals surface area (Å²) in [5, 5.41) is 8.32. The van der Waals surface area contributed by atoms with Crippen molar-refractivity contribution in [3.63, 3.8) is 0 Å². The summed E-state index contributed by atoms with van der Waals surface area (Å²) in [5.74, 6) is 2.25. The van der Waals surface area contributed by atoms with Crippen LogP contribution in [-0.4, -0.2) is 30.6 Å². The van der Waals surface area contributed by atoms with Gasteiger partial charge in [-0.1, -0.05) is 17.7 Å². The average molecular weight is 368 g/mol. The first-order valence-corrected chi connectivity index (χ1v) is 9.83. The van der Waals surface area contributed by atoms with E-state index in [2.05, 4.69) is 15.5 Å². The van der Waals surface area contributed by atoms with E-state index in [9.17, 15) is 4.79 Å². The number of urea groups is 1. The number of carbonyl (C=O) groups is 1. The Morgan fingerprint density at radius 2 is 2.09 bits per heavy atom. The third-order valence-electron chi connectivity index (χ3n) is 3.56. The van der Waals surface area contributed by atoms with Gasteiger partial charge in [-0.25, -0.2) is 4.79 Å². The molecule has 1 aliphatic heterocycles. The highest BCUT2D eigenvalue weighted by Gasteiger charge is 2.14. The highest BCUT2D eigenvalue weighted by Crippen LogP contribution is 2.30. The number of thioether (sulfide) groups is 1. The number of nitrogens with one attached hydrogen (secondary N) is 2. The van der Waals surface area contributed by atoms with Crippen molar-refractivity contribution in [3.8, 4) is 0 Å². The summed E-state index contributed by atoms with van der Waals surface area (Å²) in [7, 11) is 0. The van der Waals surface area contributed by atoms with Crippen LogP contribution in [0.15, 0.2) is 35.7 Å². The van der Waals surface area contributed by atoms with Gasteiger partial charge in [-0.05, 0) is 29.6 Å². The van der Waals surface area contributed by atoms with Gasteiger partial charge in [0.1, 0.15) is 0 Å². The Kier molecular flexibility index (Phi) is 5.70. The minimum absolute atomic E-state index is 0.225. The van der Waals surface area contributed by atoms with E-state index in [0.717, 1.165) is 35.2 Å². The lowest BCUT2D eigenvalue weighted by atomic mass is 10.2. The van der Waals surface area contributed by atoms with E-state index in [1.807, 2.05) is 47.5 Å². The van der Waals surface area contributed by atoms with Gasteiger partial charge in [0.05, 0.1) is 17.3 Å². The second-order valence-electron chi connectivity index (χ2n) is 5.15. The molecule has 0 aliphatic carbocycles. The summed E-state index contributed by atoms with van der Waals surface area (Å²) in [6.45, 7) is 2.55. The Bertz CT molecular complexity index is 657. The number of hydrogen-bond acceptors (Lipinski definition) is 4. The number of thiophene rings is 1. The molecule has 1 fully saturated rings. The van der Waals surface area contributed by atoms with Crippen molar-refractivity contribution in [2.75, 3.05) is 34.8 Å². The highest BCUT2D eigenvalue weighted by atomic mass is 35.5. The van der Waals surface area contributed by atoms with Crippen LogP contribution in [0.25, 0.3) is 0 Å². The van der Waals surface area contributed by atoms with E-state index in [-0.39, 0.29) is 6.03 Å². The molecule has 2 heterocycles. The van der Waals surface area contributed by atoms with Gasteiger partial charge >= 0.3 is 6.03 Å². The molecule has 122 valence electrons. The fourth-order valence-corrected chi connectivity index (χ4v) is 4.25. The third kappa shape index (κ3) is 4.56. The number of rotatable bonds is 4. The Morgan fingerprint density at radius 1 is 1.26 bits per heavy atom. The molecule has 0 radical (unpaired) electrons. The second kappa shape index (κ2) is 7.95. The zero-order valence-electron chi connectivity index (χ0n) is 12.5. The maximum absolute atomic E-state index is 11.9. The van der Waals surface area contributed by atoms with Crippen LogP contribution >= 0.6 is 34.7 Å². The number of hydrogen-bond donors (Lipinski definition) is 2. The van der Waals surface area contributed by atoms with Crippen molar-refractivity contribution in [1.82, 2.24) is 5.32 Å². The molecule has 0 saturated carbocycles. The van der Waals surface area contributed by atoms with Crippen molar-refractivity contribution in [2.24, 2.45) is 0 Å². The summed E-state index contributed by atoms with van der Waals surface area (Å²) in [4.78, 5) is 15.3. The molecular weight excluding hydrogens is 350 g/mol. The zero-order valence-corrected chi connectivity index (χ0v) is 14.9. The molecule has 4 nitrogen and oxygen atoms in total. The van der Waals surface area contributed by atoms with E-state index >= 15 is 0 Å². The molecule has 1 aromatic carbocycles. The Hall–Kier alpha value is -1.37. The van der Waals surface area contributed by atoms with Crippen molar-refractivity contribution in [1.29, 1.82) is 0 Å². The van der Waals surface area contributed by atoms with Crippen LogP contribution < -0.4 is 15.5 Å². The second-order valence-corrected chi connectivity index (χ2v) is 7.82. The number of anilines is 2. The van der Waals surface area contributed by atoms with Gasteiger partial charge in [0.15, 0.2) is 0 Å². The Balaban J connectivity index is 1.57. The molecule has 1 saturated heterocycles. The molecule has 0 bridgehead atoms. The van der Waals surface area contributed by atoms with E-state index in [1.165, 1.54) is 0 Å². The number of halogens is 1. The van der Waals surface area contributed by atoms with E-state index in [1.54, 1.807) is 11.3 Å². The molecule has 0 atom stereocenters. The molecule has 2 amide bonds. The third-order valence-corrected chi connectivity index (χ3v) is 5.68. The van der Waals surface area contributed by atoms with Gasteiger partial charge in [0.2, 0.25) is 0 Å². The Morgan fingerprint density at radius 3 is 2.78 bits per heavy atom. The summed E-state index contributed by atoms with van der Waals surface area (Å²) in [6.07, 6.45) is 0. The van der Waals surface area contributed by atoms with Gasteiger partial charge in [0, 0.05) is 35.2 Å². The summed E-state index contributed by atoms with van der Waals surface area (Å²) in [6, 6.07) is 9.42. The van der Waals surface area contributed by atoms with Crippen LogP contribution in [-0.2, 0) is 6.54 Å². The van der Waals surface area contributed by atoms with Crippen molar-refractivity contribution >= 4 is 52.1 Å². The zero-order chi connectivity index (χ0) is 16.1. The van der Waals surface area contributed by atoms with Crippen LogP contribution in [0.4, 0.5) is 16.2 Å². The largest absolute Gasteiger partial charge is 0.369 e. The number of nitrogens with zero attached hydrogens (tertiary/aromatic N) is 1. The predicted molar refractivity (Wildman–Crippen MR) is 101 cm³/mol. The minimum Gasteiger partial charge on any atom is -0.369 e. The van der Waals surface area contributed by atoms with Crippen LogP contribution in [0.2, 0.25) is 5.02 Å². The SMILES string of the molecule is O=C(NCc1cccs1)Nc1ccc(N2CCSCC2)c(Cl)c1. The quantitative estimate of drug-likeness (QED) is 0.847. The van der Waals surface area contributed by atoms with Crippen LogP contribution in [0, 0.1) is 0 Å². The summed E-state index contributed by atoms with van der Waals surface area (Å²) >= 11 is 9.97. The number of carbonyl (C=O) groups excluding carboxylic acids is 1. The van der Waals surface area contributed by atoms with Gasteiger partial charge in [-0.2, -0.15) is 11.8 Å². The van der Waals surface area contributed by atoms with Crippen molar-refractivity contribution in [3.05, 3.63) is 45.6 Å². The van der Waals surface area contributed by atoms with Gasteiger partial charge in [0.25, 0.3) is 0 Å². The maximum atomic E-state index is 11.9. The van der Waals surface area contributed by atoms with E-state index in [4.69, 9.17) is 11.6 Å². The van der Waals surface area contributed by atoms with Crippen molar-refractivity contribution in [2.45, 2.75) is 6.54 Å². The van der Waals surface area contributed by atoms with Gasteiger partial charge in [-0.3, -0.25) is 0 Å². The fraction of sp³-hybridized carbons (Fsp3) is 0.312. The van der Waals surface area contributed by atoms with Crippen LogP contribution in [0.1, 0.15) is 4.88 Å². The average Bonchev–Trinajstić information content (AvgIpc) is 3.07. The van der Waals surface area contributed by atoms with Crippen LogP contribution in [0.5, 0.6) is 0 Å². The molecule has 0 spiro atoms. The molecule has 3 rings (SSSR count). The molecule has 7 heteroatoms. The Labute approximate surface area is 149 Å². The van der Waals surface area contributed by atoms with E-state index < -0.39 is 0 Å². The normalized spacial score (nSPS) is 14.6. The lowest BCUT2D eigenvalue weighted by Gasteiger charge is -2.29. The molecule has 1 aliphatic rings. The first-order valence-electron chi connectivity index (χ1n) is 7.42. The van der Waals surface area contributed by atoms with Gasteiger partial charge in [-0.15, -0.1) is 11.3 Å². The fourth-order valence-electron chi connectivity index (χ4n) is 2.40. The highest BCUT2D eigenvalue weighted by molar-refractivity contribution is 7.99. The molecule has 0 unspecified atom stereocenters. The first-order chi connectivity index (χ1) is 11.2. The molecule has 1 aromatic heterocycles. The lowest BCUT2D eigenvalue weighted by Crippen LogP contribution is -2.32. The molecule has 23 heavy (non-hydrogen) atoms. The molecule has 2 N–H and O–H groups in total. The van der Waals surface area contributed by atoms with Gasteiger partial charge < -0.3 is 15.5 Å².